The Morgan fingerprint density at radius 2 is 1.88 bits per heavy atom. The second kappa shape index (κ2) is 7.04. The number of hydroxylamine groups is 1. The highest BCUT2D eigenvalue weighted by atomic mass is 16.6. The van der Waals surface area contributed by atoms with Gasteiger partial charge in [-0.05, 0) is 25.0 Å². The van der Waals surface area contributed by atoms with Gasteiger partial charge in [-0.25, -0.2) is 0 Å². The van der Waals surface area contributed by atoms with Crippen molar-refractivity contribution in [3.05, 3.63) is 30.3 Å². The summed E-state index contributed by atoms with van der Waals surface area (Å²) in [5.41, 5.74) is 3.51. The van der Waals surface area contributed by atoms with Gasteiger partial charge in [0.25, 0.3) is 0 Å². The summed E-state index contributed by atoms with van der Waals surface area (Å²) in [4.78, 5) is 16.9. The molecule has 94 valence electrons. The summed E-state index contributed by atoms with van der Waals surface area (Å²) >= 11 is 0. The van der Waals surface area contributed by atoms with E-state index in [1.54, 1.807) is 6.92 Å². The summed E-state index contributed by atoms with van der Waals surface area (Å²) in [7, 11) is 0. The average molecular weight is 236 g/mol. The first-order valence-corrected chi connectivity index (χ1v) is 5.83. The average Bonchev–Trinajstić information content (AvgIpc) is 2.29. The lowest BCUT2D eigenvalue weighted by atomic mass is 10.2. The Kier molecular flexibility index (Phi) is 5.66. The van der Waals surface area contributed by atoms with Crippen molar-refractivity contribution in [2.75, 3.05) is 11.9 Å². The number of rotatable bonds is 6. The molecule has 1 aromatic carbocycles. The van der Waals surface area contributed by atoms with Crippen LogP contribution in [0.3, 0.4) is 0 Å². The van der Waals surface area contributed by atoms with Gasteiger partial charge in [0.1, 0.15) is 6.04 Å². The van der Waals surface area contributed by atoms with Gasteiger partial charge in [-0.15, -0.1) is 0 Å². The first-order valence-electron chi connectivity index (χ1n) is 5.83. The minimum absolute atomic E-state index is 0.111. The van der Waals surface area contributed by atoms with Gasteiger partial charge < -0.3 is 10.2 Å². The van der Waals surface area contributed by atoms with Crippen LogP contribution in [0.4, 0.5) is 5.69 Å². The van der Waals surface area contributed by atoms with Crippen molar-refractivity contribution in [3.63, 3.8) is 0 Å². The summed E-state index contributed by atoms with van der Waals surface area (Å²) < 4.78 is 0. The molecule has 17 heavy (non-hydrogen) atoms. The number of benzene rings is 1. The highest BCUT2D eigenvalue weighted by molar-refractivity contribution is 5.94. The van der Waals surface area contributed by atoms with Gasteiger partial charge in [0.15, 0.2) is 0 Å². The van der Waals surface area contributed by atoms with Gasteiger partial charge in [0, 0.05) is 5.69 Å². The van der Waals surface area contributed by atoms with E-state index < -0.39 is 0 Å². The van der Waals surface area contributed by atoms with E-state index in [0.29, 0.717) is 12.5 Å². The number of carbonyl (C=O) groups excluding carboxylic acids is 1. The Hall–Kier alpha value is -1.39. The van der Waals surface area contributed by atoms with Crippen LogP contribution >= 0.6 is 0 Å². The number of para-hydroxylation sites is 1. The zero-order valence-corrected chi connectivity index (χ0v) is 10.6. The summed E-state index contributed by atoms with van der Waals surface area (Å²) in [6, 6.07) is 8.97. The molecule has 4 heteroatoms. The standard InChI is InChI=1S/C13H20N2O2/c1-10(2)9-17-15-11(3)13(16)14-12-7-5-4-6-8-12/h4-8,10-11,15H,9H2,1-3H3,(H,14,16). The zero-order valence-electron chi connectivity index (χ0n) is 10.6. The van der Waals surface area contributed by atoms with Crippen LogP contribution in [-0.4, -0.2) is 18.6 Å². The molecule has 1 rings (SSSR count). The van der Waals surface area contributed by atoms with Gasteiger partial charge in [0.2, 0.25) is 5.91 Å². The van der Waals surface area contributed by atoms with Crippen LogP contribution in [0.25, 0.3) is 0 Å². The van der Waals surface area contributed by atoms with Crippen molar-refractivity contribution in [1.29, 1.82) is 0 Å². The molecule has 0 saturated heterocycles. The van der Waals surface area contributed by atoms with E-state index in [9.17, 15) is 4.79 Å². The summed E-state index contributed by atoms with van der Waals surface area (Å²) in [6.07, 6.45) is 0. The van der Waals surface area contributed by atoms with E-state index in [4.69, 9.17) is 4.84 Å². The largest absolute Gasteiger partial charge is 0.325 e. The maximum absolute atomic E-state index is 11.7. The molecule has 4 nitrogen and oxygen atoms in total. The monoisotopic (exact) mass is 236 g/mol. The molecule has 0 aliphatic heterocycles. The Morgan fingerprint density at radius 3 is 2.47 bits per heavy atom. The molecule has 0 fully saturated rings. The highest BCUT2D eigenvalue weighted by Crippen LogP contribution is 2.05. The topological polar surface area (TPSA) is 50.4 Å². The van der Waals surface area contributed by atoms with E-state index in [1.807, 2.05) is 30.3 Å². The predicted molar refractivity (Wildman–Crippen MR) is 68.5 cm³/mol. The first kappa shape index (κ1) is 13.7. The van der Waals surface area contributed by atoms with Crippen LogP contribution < -0.4 is 10.8 Å². The third-order valence-electron chi connectivity index (χ3n) is 2.11. The minimum Gasteiger partial charge on any atom is -0.325 e. The van der Waals surface area contributed by atoms with Crippen molar-refractivity contribution in [1.82, 2.24) is 5.48 Å². The molecular formula is C13H20N2O2. The lowest BCUT2D eigenvalue weighted by Gasteiger charge is -2.14. The fourth-order valence-corrected chi connectivity index (χ4v) is 1.17. The number of nitrogens with one attached hydrogen (secondary N) is 2. The van der Waals surface area contributed by atoms with Gasteiger partial charge in [-0.2, -0.15) is 5.48 Å². The van der Waals surface area contributed by atoms with Crippen LogP contribution in [-0.2, 0) is 9.63 Å². The van der Waals surface area contributed by atoms with Crippen molar-refractivity contribution in [3.8, 4) is 0 Å². The van der Waals surface area contributed by atoms with E-state index in [2.05, 4.69) is 24.6 Å². The van der Waals surface area contributed by atoms with E-state index in [-0.39, 0.29) is 11.9 Å². The zero-order chi connectivity index (χ0) is 12.7. The molecule has 1 atom stereocenters. The lowest BCUT2D eigenvalue weighted by Crippen LogP contribution is -2.38. The maximum Gasteiger partial charge on any atom is 0.243 e. The molecule has 0 radical (unpaired) electrons. The Labute approximate surface area is 102 Å². The summed E-state index contributed by atoms with van der Waals surface area (Å²) in [6.45, 7) is 6.45. The molecule has 0 aromatic heterocycles. The predicted octanol–water partition coefficient (Wildman–Crippen LogP) is 2.19. The molecule has 0 saturated carbocycles. The maximum atomic E-state index is 11.7. The van der Waals surface area contributed by atoms with Crippen molar-refractivity contribution in [2.45, 2.75) is 26.8 Å². The molecule has 0 bridgehead atoms. The van der Waals surface area contributed by atoms with Crippen molar-refractivity contribution < 1.29 is 9.63 Å². The van der Waals surface area contributed by atoms with Crippen LogP contribution in [0.2, 0.25) is 0 Å². The number of hydrogen-bond donors (Lipinski definition) is 2. The molecule has 1 amide bonds. The first-order chi connectivity index (χ1) is 8.09. The van der Waals surface area contributed by atoms with E-state index in [0.717, 1.165) is 5.69 Å². The lowest BCUT2D eigenvalue weighted by molar-refractivity contribution is -0.122. The Bertz CT molecular complexity index is 339. The molecule has 0 heterocycles. The smallest absolute Gasteiger partial charge is 0.243 e. The second-order valence-corrected chi connectivity index (χ2v) is 4.40. The molecule has 1 unspecified atom stereocenters. The molecular weight excluding hydrogens is 216 g/mol. The quantitative estimate of drug-likeness (QED) is 0.744. The summed E-state index contributed by atoms with van der Waals surface area (Å²) in [5, 5.41) is 2.80. The molecule has 2 N–H and O–H groups in total. The minimum atomic E-state index is -0.381. The molecule has 0 aliphatic carbocycles. The normalized spacial score (nSPS) is 12.5. The fourth-order valence-electron chi connectivity index (χ4n) is 1.17. The third kappa shape index (κ3) is 5.47. The van der Waals surface area contributed by atoms with Crippen LogP contribution in [0, 0.1) is 5.92 Å². The number of hydrogen-bond acceptors (Lipinski definition) is 3. The van der Waals surface area contributed by atoms with Gasteiger partial charge >= 0.3 is 0 Å². The van der Waals surface area contributed by atoms with Gasteiger partial charge in [-0.1, -0.05) is 32.0 Å². The van der Waals surface area contributed by atoms with Crippen LogP contribution in [0.15, 0.2) is 30.3 Å². The molecule has 0 aliphatic rings. The van der Waals surface area contributed by atoms with Crippen molar-refractivity contribution >= 4 is 11.6 Å². The van der Waals surface area contributed by atoms with Crippen molar-refractivity contribution in [2.24, 2.45) is 5.92 Å². The van der Waals surface area contributed by atoms with Crippen LogP contribution in [0.1, 0.15) is 20.8 Å². The SMILES string of the molecule is CC(C)CONC(C)C(=O)Nc1ccccc1. The molecule has 1 aromatic rings. The Morgan fingerprint density at radius 1 is 1.24 bits per heavy atom. The number of amides is 1. The van der Waals surface area contributed by atoms with Crippen LogP contribution in [0.5, 0.6) is 0 Å². The third-order valence-corrected chi connectivity index (χ3v) is 2.11. The van der Waals surface area contributed by atoms with E-state index >= 15 is 0 Å². The number of carbonyl (C=O) groups is 1. The fraction of sp³-hybridized carbons (Fsp3) is 0.462. The number of anilines is 1. The molecule has 0 spiro atoms. The van der Waals surface area contributed by atoms with Gasteiger partial charge in [0.05, 0.1) is 6.61 Å². The van der Waals surface area contributed by atoms with Gasteiger partial charge in [-0.3, -0.25) is 4.79 Å². The second-order valence-electron chi connectivity index (χ2n) is 4.40. The summed E-state index contributed by atoms with van der Waals surface area (Å²) in [5.74, 6) is 0.326. The highest BCUT2D eigenvalue weighted by Gasteiger charge is 2.12. The van der Waals surface area contributed by atoms with E-state index in [1.165, 1.54) is 0 Å². The Balaban J connectivity index is 2.32.